The molecule has 2 rings (SSSR count). The molecule has 2 aromatic rings. The van der Waals surface area contributed by atoms with Crippen molar-refractivity contribution in [2.24, 2.45) is 0 Å². The Morgan fingerprint density at radius 1 is 1.05 bits per heavy atom. The van der Waals surface area contributed by atoms with Crippen LogP contribution in [0.15, 0.2) is 42.5 Å². The minimum Gasteiger partial charge on any atom is -0.385 e. The summed E-state index contributed by atoms with van der Waals surface area (Å²) >= 11 is 0. The van der Waals surface area contributed by atoms with Crippen molar-refractivity contribution < 1.29 is 4.79 Å². The maximum atomic E-state index is 12.3. The molecule has 0 saturated carbocycles. The smallest absolute Gasteiger partial charge is 0.255 e. The van der Waals surface area contributed by atoms with Gasteiger partial charge in [-0.1, -0.05) is 18.2 Å². The second-order valence-electron chi connectivity index (χ2n) is 4.83. The lowest BCUT2D eigenvalue weighted by Gasteiger charge is -2.11. The summed E-state index contributed by atoms with van der Waals surface area (Å²) in [6.45, 7) is 6.85. The van der Waals surface area contributed by atoms with Gasteiger partial charge in [-0.25, -0.2) is 0 Å². The molecule has 20 heavy (non-hydrogen) atoms. The quantitative estimate of drug-likeness (QED) is 0.880. The summed E-state index contributed by atoms with van der Waals surface area (Å²) in [5.74, 6) is -0.0696. The lowest BCUT2D eigenvalue weighted by molar-refractivity contribution is 0.102. The van der Waals surface area contributed by atoms with Crippen molar-refractivity contribution in [3.8, 4) is 0 Å². The average Bonchev–Trinajstić information content (AvgIpc) is 2.42. The van der Waals surface area contributed by atoms with Crippen LogP contribution in [-0.4, -0.2) is 12.5 Å². The second-order valence-corrected chi connectivity index (χ2v) is 4.83. The molecule has 0 unspecified atom stereocenters. The van der Waals surface area contributed by atoms with Crippen LogP contribution < -0.4 is 10.6 Å². The largest absolute Gasteiger partial charge is 0.385 e. The Bertz CT molecular complexity index is 620. The molecule has 3 heteroatoms. The van der Waals surface area contributed by atoms with Gasteiger partial charge in [0.05, 0.1) is 0 Å². The molecule has 0 atom stereocenters. The predicted octanol–water partition coefficient (Wildman–Crippen LogP) is 3.99. The number of nitrogens with one attached hydrogen (secondary N) is 2. The zero-order valence-corrected chi connectivity index (χ0v) is 12.2. The van der Waals surface area contributed by atoms with Gasteiger partial charge in [-0.2, -0.15) is 0 Å². The minimum atomic E-state index is -0.0696. The maximum Gasteiger partial charge on any atom is 0.255 e. The summed E-state index contributed by atoms with van der Waals surface area (Å²) in [5.41, 5.74) is 4.62. The van der Waals surface area contributed by atoms with Crippen LogP contribution in [0.25, 0.3) is 0 Å². The van der Waals surface area contributed by atoms with Crippen LogP contribution in [-0.2, 0) is 0 Å². The zero-order valence-electron chi connectivity index (χ0n) is 12.2. The highest BCUT2D eigenvalue weighted by Gasteiger charge is 2.10. The topological polar surface area (TPSA) is 41.1 Å². The fraction of sp³-hybridized carbons (Fsp3) is 0.235. The van der Waals surface area contributed by atoms with E-state index in [0.717, 1.165) is 29.0 Å². The number of para-hydroxylation sites is 1. The first kappa shape index (κ1) is 14.1. The van der Waals surface area contributed by atoms with Crippen molar-refractivity contribution in [3.05, 3.63) is 59.2 Å². The molecule has 0 heterocycles. The van der Waals surface area contributed by atoms with E-state index in [4.69, 9.17) is 0 Å². The molecule has 0 saturated heterocycles. The van der Waals surface area contributed by atoms with E-state index in [1.54, 1.807) is 0 Å². The summed E-state index contributed by atoms with van der Waals surface area (Å²) < 4.78 is 0. The molecule has 3 nitrogen and oxygen atoms in total. The highest BCUT2D eigenvalue weighted by Crippen LogP contribution is 2.18. The van der Waals surface area contributed by atoms with E-state index >= 15 is 0 Å². The van der Waals surface area contributed by atoms with Gasteiger partial charge in [-0.15, -0.1) is 0 Å². The molecule has 0 radical (unpaired) electrons. The average molecular weight is 268 g/mol. The molecule has 0 aliphatic carbocycles. The Morgan fingerprint density at radius 3 is 2.45 bits per heavy atom. The van der Waals surface area contributed by atoms with Gasteiger partial charge < -0.3 is 10.6 Å². The standard InChI is InChI=1S/C17H20N2O/c1-4-18-14-9-10-15(13(3)11-14)17(20)19-16-8-6-5-7-12(16)2/h5-11,18H,4H2,1-3H3,(H,19,20). The number of carbonyl (C=O) groups is 1. The molecule has 0 aromatic heterocycles. The summed E-state index contributed by atoms with van der Waals surface area (Å²) in [6.07, 6.45) is 0. The molecular formula is C17H20N2O. The Hall–Kier alpha value is -2.29. The van der Waals surface area contributed by atoms with Gasteiger partial charge in [0.15, 0.2) is 0 Å². The number of hydrogen-bond acceptors (Lipinski definition) is 2. The van der Waals surface area contributed by atoms with E-state index in [1.807, 2.05) is 63.2 Å². The molecule has 1 amide bonds. The molecule has 0 spiro atoms. The zero-order chi connectivity index (χ0) is 14.5. The molecular weight excluding hydrogens is 248 g/mol. The lowest BCUT2D eigenvalue weighted by atomic mass is 10.1. The van der Waals surface area contributed by atoms with Gasteiger partial charge in [-0.05, 0) is 56.2 Å². The van der Waals surface area contributed by atoms with E-state index in [1.165, 1.54) is 0 Å². The van der Waals surface area contributed by atoms with Crippen LogP contribution in [0.1, 0.15) is 28.4 Å². The monoisotopic (exact) mass is 268 g/mol. The van der Waals surface area contributed by atoms with Crippen LogP contribution in [0.5, 0.6) is 0 Å². The van der Waals surface area contributed by atoms with Crippen LogP contribution in [0.3, 0.4) is 0 Å². The predicted molar refractivity (Wildman–Crippen MR) is 84.5 cm³/mol. The van der Waals surface area contributed by atoms with Gasteiger partial charge in [0, 0.05) is 23.5 Å². The summed E-state index contributed by atoms with van der Waals surface area (Å²) in [4.78, 5) is 12.3. The molecule has 0 bridgehead atoms. The van der Waals surface area contributed by atoms with Crippen molar-refractivity contribution in [1.82, 2.24) is 0 Å². The number of amides is 1. The van der Waals surface area contributed by atoms with Crippen molar-refractivity contribution in [2.45, 2.75) is 20.8 Å². The molecule has 104 valence electrons. The Labute approximate surface area is 120 Å². The van der Waals surface area contributed by atoms with Crippen molar-refractivity contribution in [3.63, 3.8) is 0 Å². The molecule has 0 fully saturated rings. The summed E-state index contributed by atoms with van der Waals surface area (Å²) in [5, 5.41) is 6.20. The number of rotatable bonds is 4. The summed E-state index contributed by atoms with van der Waals surface area (Å²) in [6, 6.07) is 13.6. The number of carbonyl (C=O) groups excluding carboxylic acids is 1. The van der Waals surface area contributed by atoms with Gasteiger partial charge in [0.1, 0.15) is 0 Å². The van der Waals surface area contributed by atoms with Crippen LogP contribution in [0, 0.1) is 13.8 Å². The van der Waals surface area contributed by atoms with Crippen molar-refractivity contribution in [1.29, 1.82) is 0 Å². The fourth-order valence-corrected chi connectivity index (χ4v) is 2.14. The fourth-order valence-electron chi connectivity index (χ4n) is 2.14. The van der Waals surface area contributed by atoms with Crippen LogP contribution in [0.2, 0.25) is 0 Å². The van der Waals surface area contributed by atoms with Gasteiger partial charge >= 0.3 is 0 Å². The third kappa shape index (κ3) is 3.18. The normalized spacial score (nSPS) is 10.2. The number of aryl methyl sites for hydroxylation is 2. The van der Waals surface area contributed by atoms with Gasteiger partial charge in [0.25, 0.3) is 5.91 Å². The van der Waals surface area contributed by atoms with Gasteiger partial charge in [0.2, 0.25) is 0 Å². The molecule has 0 aliphatic rings. The maximum absolute atomic E-state index is 12.3. The Kier molecular flexibility index (Phi) is 4.41. The SMILES string of the molecule is CCNc1ccc(C(=O)Nc2ccccc2C)c(C)c1. The first-order valence-corrected chi connectivity index (χ1v) is 6.83. The number of benzene rings is 2. The highest BCUT2D eigenvalue weighted by atomic mass is 16.1. The first-order chi connectivity index (χ1) is 9.61. The van der Waals surface area contributed by atoms with E-state index in [0.29, 0.717) is 5.56 Å². The summed E-state index contributed by atoms with van der Waals surface area (Å²) in [7, 11) is 0. The Morgan fingerprint density at radius 2 is 1.80 bits per heavy atom. The number of hydrogen-bond donors (Lipinski definition) is 2. The number of anilines is 2. The lowest BCUT2D eigenvalue weighted by Crippen LogP contribution is -2.14. The molecule has 2 aromatic carbocycles. The van der Waals surface area contributed by atoms with Crippen molar-refractivity contribution in [2.75, 3.05) is 17.2 Å². The van der Waals surface area contributed by atoms with E-state index < -0.39 is 0 Å². The first-order valence-electron chi connectivity index (χ1n) is 6.83. The highest BCUT2D eigenvalue weighted by molar-refractivity contribution is 6.05. The second kappa shape index (κ2) is 6.24. The van der Waals surface area contributed by atoms with Crippen molar-refractivity contribution >= 4 is 17.3 Å². The van der Waals surface area contributed by atoms with E-state index in [-0.39, 0.29) is 5.91 Å². The molecule has 2 N–H and O–H groups in total. The Balaban J connectivity index is 2.19. The van der Waals surface area contributed by atoms with Crippen LogP contribution >= 0.6 is 0 Å². The third-order valence-corrected chi connectivity index (χ3v) is 3.25. The third-order valence-electron chi connectivity index (χ3n) is 3.25. The minimum absolute atomic E-state index is 0.0696. The van der Waals surface area contributed by atoms with E-state index in [2.05, 4.69) is 10.6 Å². The van der Waals surface area contributed by atoms with Crippen LogP contribution in [0.4, 0.5) is 11.4 Å². The van der Waals surface area contributed by atoms with E-state index in [9.17, 15) is 4.79 Å². The van der Waals surface area contributed by atoms with Gasteiger partial charge in [-0.3, -0.25) is 4.79 Å². The molecule has 0 aliphatic heterocycles.